The number of hydrogen-bond acceptors (Lipinski definition) is 4. The molecule has 0 radical (unpaired) electrons. The number of aromatic hydroxyl groups is 2. The number of carbonyl (C=O) groups is 1. The summed E-state index contributed by atoms with van der Waals surface area (Å²) in [4.78, 5) is 12.2. The predicted octanol–water partition coefficient (Wildman–Crippen LogP) is 3.58. The van der Waals surface area contributed by atoms with Gasteiger partial charge in [0.2, 0.25) is 0 Å². The van der Waals surface area contributed by atoms with Crippen LogP contribution in [0.2, 0.25) is 0 Å². The average Bonchev–Trinajstić information content (AvgIpc) is 2.49. The first-order valence-electron chi connectivity index (χ1n) is 7.24. The lowest BCUT2D eigenvalue weighted by Gasteiger charge is -2.18. The van der Waals surface area contributed by atoms with E-state index in [2.05, 4.69) is 0 Å². The van der Waals surface area contributed by atoms with E-state index < -0.39 is 6.10 Å². The van der Waals surface area contributed by atoms with Crippen molar-refractivity contribution in [3.8, 4) is 11.5 Å². The molecular formula is C18H20O4. The first-order chi connectivity index (χ1) is 10.5. The minimum atomic E-state index is -0.527. The van der Waals surface area contributed by atoms with E-state index in [1.165, 1.54) is 0 Å². The second kappa shape index (κ2) is 6.98. The highest BCUT2D eigenvalue weighted by atomic mass is 16.5. The molecule has 2 aromatic carbocycles. The molecule has 0 fully saturated rings. The van der Waals surface area contributed by atoms with E-state index in [9.17, 15) is 15.0 Å². The molecule has 116 valence electrons. The van der Waals surface area contributed by atoms with Crippen LogP contribution < -0.4 is 0 Å². The number of phenols is 2. The molecule has 2 aromatic rings. The van der Waals surface area contributed by atoms with Gasteiger partial charge in [-0.3, -0.25) is 4.79 Å². The fraction of sp³-hybridized carbons (Fsp3) is 0.278. The molecule has 4 nitrogen and oxygen atoms in total. The molecule has 0 aliphatic carbocycles. The third-order valence-electron chi connectivity index (χ3n) is 3.59. The smallest absolute Gasteiger partial charge is 0.309 e. The average molecular weight is 300 g/mol. The van der Waals surface area contributed by atoms with E-state index in [1.807, 2.05) is 6.07 Å². The molecule has 0 aliphatic rings. The van der Waals surface area contributed by atoms with Crippen LogP contribution in [-0.4, -0.2) is 16.2 Å². The number of carbonyl (C=O) groups excluding carboxylic acids is 1. The minimum absolute atomic E-state index is 0.108. The Morgan fingerprint density at radius 1 is 1.00 bits per heavy atom. The molecular weight excluding hydrogens is 280 g/mol. The van der Waals surface area contributed by atoms with E-state index >= 15 is 0 Å². The van der Waals surface area contributed by atoms with Crippen LogP contribution in [0.3, 0.4) is 0 Å². The maximum Gasteiger partial charge on any atom is 0.309 e. The van der Waals surface area contributed by atoms with Crippen LogP contribution in [0.5, 0.6) is 11.5 Å². The van der Waals surface area contributed by atoms with Crippen LogP contribution in [0.25, 0.3) is 0 Å². The third-order valence-corrected chi connectivity index (χ3v) is 3.59. The fourth-order valence-electron chi connectivity index (χ4n) is 2.28. The summed E-state index contributed by atoms with van der Waals surface area (Å²) in [6.45, 7) is 3.48. The van der Waals surface area contributed by atoms with Crippen LogP contribution in [-0.2, 0) is 16.0 Å². The lowest BCUT2D eigenvalue weighted by Crippen LogP contribution is -2.19. The zero-order valence-electron chi connectivity index (χ0n) is 12.7. The van der Waals surface area contributed by atoms with Crippen molar-refractivity contribution in [3.63, 3.8) is 0 Å². The molecule has 0 heterocycles. The Balaban J connectivity index is 2.00. The van der Waals surface area contributed by atoms with Gasteiger partial charge < -0.3 is 14.9 Å². The quantitative estimate of drug-likeness (QED) is 0.828. The Kier molecular flexibility index (Phi) is 5.04. The van der Waals surface area contributed by atoms with Gasteiger partial charge in [0, 0.05) is 5.56 Å². The summed E-state index contributed by atoms with van der Waals surface area (Å²) in [5.41, 5.74) is 1.28. The van der Waals surface area contributed by atoms with Gasteiger partial charge in [0.15, 0.2) is 0 Å². The Labute approximate surface area is 130 Å². The summed E-state index contributed by atoms with van der Waals surface area (Å²) in [5.74, 6) is -0.465. The summed E-state index contributed by atoms with van der Waals surface area (Å²) in [7, 11) is 0. The van der Waals surface area contributed by atoms with Crippen molar-refractivity contribution in [2.75, 3.05) is 0 Å². The van der Waals surface area contributed by atoms with Crippen molar-refractivity contribution < 1.29 is 19.7 Å². The van der Waals surface area contributed by atoms with Gasteiger partial charge in [-0.1, -0.05) is 43.3 Å². The van der Waals surface area contributed by atoms with Crippen molar-refractivity contribution in [1.82, 2.24) is 0 Å². The monoisotopic (exact) mass is 300 g/mol. The summed E-state index contributed by atoms with van der Waals surface area (Å²) < 4.78 is 5.41. The molecule has 4 heteroatoms. The van der Waals surface area contributed by atoms with Gasteiger partial charge in [-0.05, 0) is 31.0 Å². The van der Waals surface area contributed by atoms with Crippen molar-refractivity contribution in [3.05, 3.63) is 59.7 Å². The molecule has 0 saturated carbocycles. The van der Waals surface area contributed by atoms with Gasteiger partial charge in [-0.2, -0.15) is 0 Å². The van der Waals surface area contributed by atoms with Crippen LogP contribution in [0.15, 0.2) is 48.5 Å². The molecule has 2 atom stereocenters. The number of para-hydroxylation sites is 2. The second-order valence-electron chi connectivity index (χ2n) is 5.37. The Bertz CT molecular complexity index is 651. The van der Waals surface area contributed by atoms with Crippen LogP contribution >= 0.6 is 0 Å². The van der Waals surface area contributed by atoms with Gasteiger partial charge >= 0.3 is 5.97 Å². The standard InChI is InChI=1S/C18H20O4/c1-12(11-14-7-3-5-9-16(14)19)18(21)22-13(2)15-8-4-6-10-17(15)20/h3-10,12-13,19-20H,11H2,1-2H3. The van der Waals surface area contributed by atoms with Crippen LogP contribution in [0, 0.1) is 5.92 Å². The Morgan fingerprint density at radius 2 is 1.59 bits per heavy atom. The largest absolute Gasteiger partial charge is 0.508 e. The van der Waals surface area contributed by atoms with Gasteiger partial charge in [0.1, 0.15) is 17.6 Å². The molecule has 2 N–H and O–H groups in total. The SMILES string of the molecule is CC(Cc1ccccc1O)C(=O)OC(C)c1ccccc1O. The number of benzene rings is 2. The maximum absolute atomic E-state index is 12.2. The third kappa shape index (κ3) is 3.79. The van der Waals surface area contributed by atoms with Gasteiger partial charge in [-0.15, -0.1) is 0 Å². The maximum atomic E-state index is 12.2. The first kappa shape index (κ1) is 15.9. The number of rotatable bonds is 5. The van der Waals surface area contributed by atoms with Gasteiger partial charge in [0.25, 0.3) is 0 Å². The Hall–Kier alpha value is -2.49. The normalized spacial score (nSPS) is 13.4. The van der Waals surface area contributed by atoms with Gasteiger partial charge in [-0.25, -0.2) is 0 Å². The molecule has 0 amide bonds. The number of hydrogen-bond donors (Lipinski definition) is 2. The first-order valence-corrected chi connectivity index (χ1v) is 7.24. The van der Waals surface area contributed by atoms with Gasteiger partial charge in [0.05, 0.1) is 5.92 Å². The summed E-state index contributed by atoms with van der Waals surface area (Å²) in [6.07, 6.45) is -0.126. The van der Waals surface area contributed by atoms with Crippen molar-refractivity contribution in [2.24, 2.45) is 5.92 Å². The van der Waals surface area contributed by atoms with Crippen LogP contribution in [0.1, 0.15) is 31.1 Å². The number of ether oxygens (including phenoxy) is 1. The molecule has 0 aliphatic heterocycles. The molecule has 2 rings (SSSR count). The molecule has 0 saturated heterocycles. The summed E-state index contributed by atoms with van der Waals surface area (Å²) >= 11 is 0. The van der Waals surface area contributed by atoms with E-state index in [0.29, 0.717) is 17.5 Å². The van der Waals surface area contributed by atoms with E-state index in [-0.39, 0.29) is 23.4 Å². The van der Waals surface area contributed by atoms with E-state index in [1.54, 1.807) is 56.3 Å². The van der Waals surface area contributed by atoms with E-state index in [4.69, 9.17) is 4.74 Å². The summed E-state index contributed by atoms with van der Waals surface area (Å²) in [6, 6.07) is 13.7. The molecule has 22 heavy (non-hydrogen) atoms. The zero-order valence-corrected chi connectivity index (χ0v) is 12.7. The molecule has 0 spiro atoms. The van der Waals surface area contributed by atoms with E-state index in [0.717, 1.165) is 0 Å². The fourth-order valence-corrected chi connectivity index (χ4v) is 2.28. The topological polar surface area (TPSA) is 66.8 Å². The highest BCUT2D eigenvalue weighted by Gasteiger charge is 2.21. The number of esters is 1. The van der Waals surface area contributed by atoms with Crippen molar-refractivity contribution in [1.29, 1.82) is 0 Å². The minimum Gasteiger partial charge on any atom is -0.508 e. The molecule has 0 aromatic heterocycles. The lowest BCUT2D eigenvalue weighted by molar-refractivity contribution is -0.153. The Morgan fingerprint density at radius 3 is 2.23 bits per heavy atom. The highest BCUT2D eigenvalue weighted by molar-refractivity contribution is 5.73. The second-order valence-corrected chi connectivity index (χ2v) is 5.37. The summed E-state index contributed by atoms with van der Waals surface area (Å²) in [5, 5.41) is 19.5. The molecule has 0 bridgehead atoms. The van der Waals surface area contributed by atoms with Crippen LogP contribution in [0.4, 0.5) is 0 Å². The number of phenolic OH excluding ortho intramolecular Hbond substituents is 2. The van der Waals surface area contributed by atoms with Crippen molar-refractivity contribution >= 4 is 5.97 Å². The predicted molar refractivity (Wildman–Crippen MR) is 83.6 cm³/mol. The van der Waals surface area contributed by atoms with Crippen molar-refractivity contribution in [2.45, 2.75) is 26.4 Å². The zero-order chi connectivity index (χ0) is 16.1. The highest BCUT2D eigenvalue weighted by Crippen LogP contribution is 2.27. The lowest BCUT2D eigenvalue weighted by atomic mass is 10.0. The molecule has 2 unspecified atom stereocenters.